The van der Waals surface area contributed by atoms with E-state index < -0.39 is 5.41 Å². The average molecular weight is 414 g/mol. The number of likely N-dealkylation sites (tertiary alicyclic amines) is 1. The number of halogens is 1. The molecule has 0 radical (unpaired) electrons. The molecular formula is C23H28ClN3O2. The Labute approximate surface area is 177 Å². The Morgan fingerprint density at radius 1 is 1.10 bits per heavy atom. The summed E-state index contributed by atoms with van der Waals surface area (Å²) in [5, 5.41) is 6.41. The topological polar surface area (TPSA) is 61.4 Å². The van der Waals surface area contributed by atoms with Gasteiger partial charge in [0, 0.05) is 19.6 Å². The van der Waals surface area contributed by atoms with Crippen LogP contribution in [-0.2, 0) is 11.3 Å². The monoisotopic (exact) mass is 413 g/mol. The molecule has 6 heteroatoms. The molecule has 2 aromatic rings. The third-order valence-electron chi connectivity index (χ3n) is 5.47. The summed E-state index contributed by atoms with van der Waals surface area (Å²) in [5.74, 6) is -0.0241. The van der Waals surface area contributed by atoms with Crippen molar-refractivity contribution >= 4 is 29.2 Å². The minimum Gasteiger partial charge on any atom is -0.351 e. The first-order chi connectivity index (χ1) is 13.8. The summed E-state index contributed by atoms with van der Waals surface area (Å²) < 4.78 is 0. The van der Waals surface area contributed by atoms with Crippen LogP contribution >= 0.6 is 11.6 Å². The fraction of sp³-hybridized carbons (Fsp3) is 0.391. The van der Waals surface area contributed by atoms with Crippen molar-refractivity contribution in [3.8, 4) is 0 Å². The molecule has 1 aliphatic heterocycles. The smallest absolute Gasteiger partial charge is 0.321 e. The summed E-state index contributed by atoms with van der Waals surface area (Å²) in [6, 6.07) is 13.4. The summed E-state index contributed by atoms with van der Waals surface area (Å²) in [6.07, 6.45) is 1.53. The van der Waals surface area contributed by atoms with Crippen molar-refractivity contribution in [1.82, 2.24) is 10.2 Å². The van der Waals surface area contributed by atoms with Crippen molar-refractivity contribution in [1.29, 1.82) is 0 Å². The second-order valence-corrected chi connectivity index (χ2v) is 8.57. The van der Waals surface area contributed by atoms with E-state index in [9.17, 15) is 9.59 Å². The van der Waals surface area contributed by atoms with Crippen LogP contribution in [-0.4, -0.2) is 29.9 Å². The maximum atomic E-state index is 12.9. The number of carbonyl (C=O) groups is 2. The van der Waals surface area contributed by atoms with Gasteiger partial charge in [-0.15, -0.1) is 0 Å². The highest BCUT2D eigenvalue weighted by atomic mass is 35.5. The highest BCUT2D eigenvalue weighted by molar-refractivity contribution is 6.33. The minimum atomic E-state index is -0.614. The van der Waals surface area contributed by atoms with Crippen molar-refractivity contribution in [2.24, 2.45) is 5.41 Å². The van der Waals surface area contributed by atoms with E-state index in [2.05, 4.69) is 10.6 Å². The van der Waals surface area contributed by atoms with Crippen LogP contribution < -0.4 is 10.6 Å². The van der Waals surface area contributed by atoms with Crippen LogP contribution in [0.4, 0.5) is 10.5 Å². The predicted molar refractivity (Wildman–Crippen MR) is 117 cm³/mol. The normalized spacial score (nSPS) is 19.0. The molecule has 0 spiro atoms. The lowest BCUT2D eigenvalue weighted by molar-refractivity contribution is -0.132. The molecule has 29 heavy (non-hydrogen) atoms. The Bertz CT molecular complexity index is 897. The number of hydrogen-bond donors (Lipinski definition) is 2. The molecule has 1 aliphatic rings. The lowest BCUT2D eigenvalue weighted by Gasteiger charge is -2.39. The SMILES string of the molecule is Cc1ccc(CNC(=O)C2(C)CCCN(C(=O)Nc3ccc(C)cc3Cl)C2)cc1. The lowest BCUT2D eigenvalue weighted by atomic mass is 9.81. The van der Waals surface area contributed by atoms with Crippen LogP contribution in [0, 0.1) is 19.3 Å². The number of nitrogens with one attached hydrogen (secondary N) is 2. The van der Waals surface area contributed by atoms with Crippen molar-refractivity contribution in [3.63, 3.8) is 0 Å². The van der Waals surface area contributed by atoms with Gasteiger partial charge in [-0.3, -0.25) is 4.79 Å². The molecule has 1 fully saturated rings. The third kappa shape index (κ3) is 5.30. The first kappa shape index (κ1) is 21.2. The number of hydrogen-bond acceptors (Lipinski definition) is 2. The van der Waals surface area contributed by atoms with Gasteiger partial charge in [0.05, 0.1) is 16.1 Å². The van der Waals surface area contributed by atoms with Gasteiger partial charge in [-0.2, -0.15) is 0 Å². The van der Waals surface area contributed by atoms with E-state index in [4.69, 9.17) is 11.6 Å². The van der Waals surface area contributed by atoms with Crippen molar-refractivity contribution in [2.75, 3.05) is 18.4 Å². The van der Waals surface area contributed by atoms with Gasteiger partial charge in [0.2, 0.25) is 5.91 Å². The summed E-state index contributed by atoms with van der Waals surface area (Å²) in [7, 11) is 0. The first-order valence-electron chi connectivity index (χ1n) is 9.93. The molecule has 0 aliphatic carbocycles. The van der Waals surface area contributed by atoms with Crippen molar-refractivity contribution < 1.29 is 9.59 Å². The van der Waals surface area contributed by atoms with Gasteiger partial charge in [-0.1, -0.05) is 47.5 Å². The largest absolute Gasteiger partial charge is 0.351 e. The van der Waals surface area contributed by atoms with Crippen molar-refractivity contribution in [3.05, 3.63) is 64.2 Å². The Kier molecular flexibility index (Phi) is 6.48. The maximum absolute atomic E-state index is 12.9. The van der Waals surface area contributed by atoms with Gasteiger partial charge < -0.3 is 15.5 Å². The van der Waals surface area contributed by atoms with Gasteiger partial charge in [-0.25, -0.2) is 4.79 Å². The molecule has 0 saturated carbocycles. The van der Waals surface area contributed by atoms with E-state index in [0.717, 1.165) is 24.0 Å². The molecular weight excluding hydrogens is 386 g/mol. The van der Waals surface area contributed by atoms with Gasteiger partial charge in [-0.05, 0) is 56.9 Å². The highest BCUT2D eigenvalue weighted by Gasteiger charge is 2.39. The van der Waals surface area contributed by atoms with E-state index in [-0.39, 0.29) is 11.9 Å². The first-order valence-corrected chi connectivity index (χ1v) is 10.3. The van der Waals surface area contributed by atoms with Crippen LogP contribution in [0.25, 0.3) is 0 Å². The van der Waals surface area contributed by atoms with Crippen LogP contribution in [0.5, 0.6) is 0 Å². The number of amides is 3. The molecule has 3 rings (SSSR count). The van der Waals surface area contributed by atoms with Gasteiger partial charge >= 0.3 is 6.03 Å². The summed E-state index contributed by atoms with van der Waals surface area (Å²) >= 11 is 6.23. The Balaban J connectivity index is 1.60. The van der Waals surface area contributed by atoms with Gasteiger partial charge in [0.15, 0.2) is 0 Å². The van der Waals surface area contributed by atoms with Crippen LogP contribution in [0.3, 0.4) is 0 Å². The molecule has 1 unspecified atom stereocenters. The molecule has 0 aromatic heterocycles. The van der Waals surface area contributed by atoms with E-state index in [0.29, 0.717) is 30.3 Å². The van der Waals surface area contributed by atoms with E-state index >= 15 is 0 Å². The molecule has 0 bridgehead atoms. The summed E-state index contributed by atoms with van der Waals surface area (Å²) in [6.45, 7) is 7.39. The van der Waals surface area contributed by atoms with E-state index in [1.165, 1.54) is 5.56 Å². The molecule has 1 atom stereocenters. The second kappa shape index (κ2) is 8.87. The summed E-state index contributed by atoms with van der Waals surface area (Å²) in [4.78, 5) is 27.3. The number of aryl methyl sites for hydroxylation is 2. The Morgan fingerprint density at radius 3 is 2.48 bits per heavy atom. The fourth-order valence-electron chi connectivity index (χ4n) is 3.62. The number of anilines is 1. The predicted octanol–water partition coefficient (Wildman–Crippen LogP) is 4.91. The number of benzene rings is 2. The molecule has 1 saturated heterocycles. The number of rotatable bonds is 4. The average Bonchev–Trinajstić information content (AvgIpc) is 2.69. The number of nitrogens with zero attached hydrogens (tertiary/aromatic N) is 1. The number of piperidine rings is 1. The molecule has 3 amide bonds. The second-order valence-electron chi connectivity index (χ2n) is 8.17. The lowest BCUT2D eigenvalue weighted by Crippen LogP contribution is -2.52. The van der Waals surface area contributed by atoms with Crippen LogP contribution in [0.2, 0.25) is 5.02 Å². The minimum absolute atomic E-state index is 0.0241. The van der Waals surface area contributed by atoms with E-state index in [1.807, 2.05) is 57.2 Å². The molecule has 1 heterocycles. The third-order valence-corrected chi connectivity index (χ3v) is 5.78. The Morgan fingerprint density at radius 2 is 1.79 bits per heavy atom. The Hall–Kier alpha value is -2.53. The van der Waals surface area contributed by atoms with Crippen molar-refractivity contribution in [2.45, 2.75) is 40.2 Å². The highest BCUT2D eigenvalue weighted by Crippen LogP contribution is 2.31. The fourth-order valence-corrected chi connectivity index (χ4v) is 3.90. The zero-order valence-electron chi connectivity index (χ0n) is 17.2. The molecule has 2 aromatic carbocycles. The zero-order valence-corrected chi connectivity index (χ0v) is 18.0. The molecule has 154 valence electrons. The quantitative estimate of drug-likeness (QED) is 0.748. The standard InChI is InChI=1S/C23H28ClN3O2/c1-16-5-8-18(9-6-16)14-25-21(28)23(3)11-4-12-27(15-23)22(29)26-20-10-7-17(2)13-19(20)24/h5-10,13H,4,11-12,14-15H2,1-3H3,(H,25,28)(H,26,29). The zero-order chi connectivity index (χ0) is 21.0. The molecule has 5 nitrogen and oxygen atoms in total. The summed E-state index contributed by atoms with van der Waals surface area (Å²) in [5.41, 5.74) is 3.25. The van der Waals surface area contributed by atoms with E-state index in [1.54, 1.807) is 11.0 Å². The number of carbonyl (C=O) groups excluding carboxylic acids is 2. The van der Waals surface area contributed by atoms with Crippen LogP contribution in [0.1, 0.15) is 36.5 Å². The number of urea groups is 1. The van der Waals surface area contributed by atoms with Gasteiger partial charge in [0.1, 0.15) is 0 Å². The van der Waals surface area contributed by atoms with Crippen LogP contribution in [0.15, 0.2) is 42.5 Å². The maximum Gasteiger partial charge on any atom is 0.321 e. The van der Waals surface area contributed by atoms with Gasteiger partial charge in [0.25, 0.3) is 0 Å². The molecule has 2 N–H and O–H groups in total.